The molecule has 0 unspecified atom stereocenters. The third-order valence-electron chi connectivity index (χ3n) is 3.47. The van der Waals surface area contributed by atoms with Crippen molar-refractivity contribution in [2.75, 3.05) is 11.4 Å². The van der Waals surface area contributed by atoms with Crippen molar-refractivity contribution >= 4 is 11.7 Å². The van der Waals surface area contributed by atoms with Crippen LogP contribution in [-0.4, -0.2) is 27.4 Å². The maximum atomic E-state index is 11.1. The summed E-state index contributed by atoms with van der Waals surface area (Å²) in [6.07, 6.45) is 0.872. The van der Waals surface area contributed by atoms with E-state index in [1.165, 1.54) is 0 Å². The molecule has 0 aliphatic carbocycles. The maximum absolute atomic E-state index is 11.1. The normalized spacial score (nSPS) is 10.6. The highest BCUT2D eigenvalue weighted by molar-refractivity contribution is 5.73. The molecule has 0 saturated heterocycles. The van der Waals surface area contributed by atoms with Crippen LogP contribution < -0.4 is 4.90 Å². The second-order valence-corrected chi connectivity index (χ2v) is 5.19. The van der Waals surface area contributed by atoms with Gasteiger partial charge in [-0.1, -0.05) is 24.6 Å². The molecule has 1 N–H and O–H groups in total. The molecule has 0 amide bonds. The fourth-order valence-corrected chi connectivity index (χ4v) is 2.25. The van der Waals surface area contributed by atoms with Crippen molar-refractivity contribution in [3.63, 3.8) is 0 Å². The molecule has 5 nitrogen and oxygen atoms in total. The number of aromatic nitrogens is 2. The molecule has 112 valence electrons. The van der Waals surface area contributed by atoms with Gasteiger partial charge in [0, 0.05) is 12.7 Å². The van der Waals surface area contributed by atoms with Crippen molar-refractivity contribution in [2.45, 2.75) is 26.8 Å². The van der Waals surface area contributed by atoms with Gasteiger partial charge in [-0.15, -0.1) is 0 Å². The van der Waals surface area contributed by atoms with Crippen LogP contribution in [-0.2, 0) is 24.8 Å². The van der Waals surface area contributed by atoms with E-state index >= 15 is 0 Å². The van der Waals surface area contributed by atoms with Gasteiger partial charge in [-0.25, -0.2) is 0 Å². The predicted octanol–water partition coefficient (Wildman–Crippen LogP) is 2.38. The molecule has 0 bridgehead atoms. The molecule has 0 spiro atoms. The van der Waals surface area contributed by atoms with E-state index in [0.717, 1.165) is 29.1 Å². The van der Waals surface area contributed by atoms with Crippen LogP contribution in [0.3, 0.4) is 0 Å². The van der Waals surface area contributed by atoms with Gasteiger partial charge < -0.3 is 10.0 Å². The van der Waals surface area contributed by atoms with Gasteiger partial charge in [0.05, 0.1) is 17.9 Å². The summed E-state index contributed by atoms with van der Waals surface area (Å²) in [5.74, 6) is -0.839. The first kappa shape index (κ1) is 15.1. The number of aliphatic carboxylic acids is 1. The third kappa shape index (κ3) is 3.84. The molecule has 2 aromatic rings. The monoisotopic (exact) mass is 287 g/mol. The number of hydrogen-bond acceptors (Lipinski definition) is 3. The number of nitrogens with zero attached hydrogens (tertiary/aromatic N) is 3. The lowest BCUT2D eigenvalue weighted by Gasteiger charge is -2.23. The molecule has 1 aromatic heterocycles. The Balaban J connectivity index is 2.25. The predicted molar refractivity (Wildman–Crippen MR) is 82.5 cm³/mol. The fraction of sp³-hybridized carbons (Fsp3) is 0.375. The molecule has 1 aromatic carbocycles. The van der Waals surface area contributed by atoms with Crippen molar-refractivity contribution in [2.24, 2.45) is 7.05 Å². The van der Waals surface area contributed by atoms with Crippen molar-refractivity contribution in [1.29, 1.82) is 0 Å². The highest BCUT2D eigenvalue weighted by Crippen LogP contribution is 2.18. The van der Waals surface area contributed by atoms with Crippen LogP contribution >= 0.6 is 0 Å². The molecular formula is C16H21N3O2. The van der Waals surface area contributed by atoms with Crippen LogP contribution in [0, 0.1) is 6.92 Å². The van der Waals surface area contributed by atoms with Gasteiger partial charge >= 0.3 is 5.97 Å². The summed E-state index contributed by atoms with van der Waals surface area (Å²) >= 11 is 0. The largest absolute Gasteiger partial charge is 0.480 e. The quantitative estimate of drug-likeness (QED) is 0.886. The molecule has 0 atom stereocenters. The molecular weight excluding hydrogens is 266 g/mol. The molecule has 0 saturated carbocycles. The minimum Gasteiger partial charge on any atom is -0.480 e. The SMILES string of the molecule is CCc1cc(CN(CC(=O)O)c2ccc(C)cc2)n(C)n1. The first-order valence-electron chi connectivity index (χ1n) is 7.04. The van der Waals surface area contributed by atoms with Crippen LogP contribution in [0.2, 0.25) is 0 Å². The van der Waals surface area contributed by atoms with Crippen molar-refractivity contribution in [1.82, 2.24) is 9.78 Å². The molecule has 0 radical (unpaired) electrons. The van der Waals surface area contributed by atoms with Gasteiger partial charge in [0.1, 0.15) is 6.54 Å². The van der Waals surface area contributed by atoms with Gasteiger partial charge in [-0.05, 0) is 31.5 Å². The number of carboxylic acid groups (broad SMARTS) is 1. The Morgan fingerprint density at radius 2 is 2.00 bits per heavy atom. The zero-order valence-electron chi connectivity index (χ0n) is 12.7. The number of aryl methyl sites for hydroxylation is 3. The summed E-state index contributed by atoms with van der Waals surface area (Å²) in [4.78, 5) is 13.0. The van der Waals surface area contributed by atoms with Gasteiger partial charge in [-0.3, -0.25) is 9.48 Å². The molecule has 1 heterocycles. The maximum Gasteiger partial charge on any atom is 0.323 e. The van der Waals surface area contributed by atoms with E-state index in [-0.39, 0.29) is 6.54 Å². The standard InChI is InChI=1S/C16H21N3O2/c1-4-13-9-15(18(3)17-13)10-19(11-16(20)21)14-7-5-12(2)6-8-14/h5-9H,4,10-11H2,1-3H3,(H,20,21). The number of anilines is 1. The lowest BCUT2D eigenvalue weighted by Crippen LogP contribution is -2.30. The van der Waals surface area contributed by atoms with Crippen molar-refractivity contribution in [3.05, 3.63) is 47.3 Å². The highest BCUT2D eigenvalue weighted by atomic mass is 16.4. The summed E-state index contributed by atoms with van der Waals surface area (Å²) in [5.41, 5.74) is 4.09. The summed E-state index contributed by atoms with van der Waals surface area (Å²) in [5, 5.41) is 13.5. The third-order valence-corrected chi connectivity index (χ3v) is 3.47. The van der Waals surface area contributed by atoms with E-state index in [4.69, 9.17) is 5.11 Å². The van der Waals surface area contributed by atoms with Gasteiger partial charge in [0.2, 0.25) is 0 Å². The van der Waals surface area contributed by atoms with E-state index in [2.05, 4.69) is 12.0 Å². The number of rotatable bonds is 6. The Bertz CT molecular complexity index is 617. The zero-order valence-corrected chi connectivity index (χ0v) is 12.7. The lowest BCUT2D eigenvalue weighted by atomic mass is 10.2. The Morgan fingerprint density at radius 1 is 1.33 bits per heavy atom. The minimum absolute atomic E-state index is 0.0320. The molecule has 5 heteroatoms. The van der Waals surface area contributed by atoms with E-state index < -0.39 is 5.97 Å². The summed E-state index contributed by atoms with van der Waals surface area (Å²) in [6, 6.07) is 9.92. The van der Waals surface area contributed by atoms with E-state index in [1.807, 2.05) is 53.9 Å². The molecule has 0 aliphatic rings. The fourth-order valence-electron chi connectivity index (χ4n) is 2.25. The lowest BCUT2D eigenvalue weighted by molar-refractivity contribution is -0.135. The topological polar surface area (TPSA) is 58.4 Å². The Hall–Kier alpha value is -2.30. The van der Waals surface area contributed by atoms with Gasteiger partial charge in [0.25, 0.3) is 0 Å². The van der Waals surface area contributed by atoms with Crippen LogP contribution in [0.4, 0.5) is 5.69 Å². The van der Waals surface area contributed by atoms with Gasteiger partial charge in [-0.2, -0.15) is 5.10 Å². The first-order chi connectivity index (χ1) is 9.99. The van der Waals surface area contributed by atoms with Crippen molar-refractivity contribution in [3.8, 4) is 0 Å². The second-order valence-electron chi connectivity index (χ2n) is 5.19. The number of carboxylic acids is 1. The molecule has 2 rings (SSSR count). The number of benzene rings is 1. The Kier molecular flexibility index (Phi) is 4.62. The van der Waals surface area contributed by atoms with Crippen LogP contribution in [0.15, 0.2) is 30.3 Å². The molecule has 0 fully saturated rings. The van der Waals surface area contributed by atoms with Crippen LogP contribution in [0.25, 0.3) is 0 Å². The van der Waals surface area contributed by atoms with Gasteiger partial charge in [0.15, 0.2) is 0 Å². The minimum atomic E-state index is -0.839. The number of hydrogen-bond donors (Lipinski definition) is 1. The van der Waals surface area contributed by atoms with E-state index in [9.17, 15) is 4.79 Å². The highest BCUT2D eigenvalue weighted by Gasteiger charge is 2.14. The zero-order chi connectivity index (χ0) is 15.4. The van der Waals surface area contributed by atoms with E-state index in [0.29, 0.717) is 6.54 Å². The smallest absolute Gasteiger partial charge is 0.323 e. The summed E-state index contributed by atoms with van der Waals surface area (Å²) < 4.78 is 1.82. The number of carbonyl (C=O) groups is 1. The Morgan fingerprint density at radius 3 is 2.52 bits per heavy atom. The average molecular weight is 287 g/mol. The second kappa shape index (κ2) is 6.43. The summed E-state index contributed by atoms with van der Waals surface area (Å²) in [7, 11) is 1.89. The molecule has 0 aliphatic heterocycles. The average Bonchev–Trinajstić information content (AvgIpc) is 2.79. The van der Waals surface area contributed by atoms with E-state index in [1.54, 1.807) is 0 Å². The Labute approximate surface area is 124 Å². The van der Waals surface area contributed by atoms with Crippen molar-refractivity contribution < 1.29 is 9.90 Å². The summed E-state index contributed by atoms with van der Waals surface area (Å²) in [6.45, 7) is 4.57. The molecule has 21 heavy (non-hydrogen) atoms. The van der Waals surface area contributed by atoms with Crippen LogP contribution in [0.5, 0.6) is 0 Å². The van der Waals surface area contributed by atoms with Crippen LogP contribution in [0.1, 0.15) is 23.9 Å². The first-order valence-corrected chi connectivity index (χ1v) is 7.04.